The van der Waals surface area contributed by atoms with Crippen LogP contribution in [-0.2, 0) is 28.9 Å². The number of nitrogens with zero attached hydrogens (tertiary/aromatic N) is 2. The molecule has 2 aromatic rings. The van der Waals surface area contributed by atoms with Crippen molar-refractivity contribution in [2.45, 2.75) is 56.2 Å². The Morgan fingerprint density at radius 3 is 2.84 bits per heavy atom. The molecule has 1 amide bonds. The van der Waals surface area contributed by atoms with Gasteiger partial charge in [0.1, 0.15) is 16.5 Å². The number of hydrogen-bond donors (Lipinski definition) is 1. The van der Waals surface area contributed by atoms with Crippen LogP contribution < -0.4 is 20.5 Å². The van der Waals surface area contributed by atoms with E-state index in [1.54, 1.807) is 37.0 Å². The van der Waals surface area contributed by atoms with Crippen LogP contribution in [0.25, 0.3) is 0 Å². The van der Waals surface area contributed by atoms with Crippen LogP contribution in [0.1, 0.15) is 36.9 Å². The van der Waals surface area contributed by atoms with Crippen molar-refractivity contribution >= 4 is 23.4 Å². The molecule has 0 radical (unpaired) electrons. The Balaban J connectivity index is 1.49. The molecule has 32 heavy (non-hydrogen) atoms. The maximum Gasteiger partial charge on any atom is 0.348 e. The summed E-state index contributed by atoms with van der Waals surface area (Å²) < 4.78 is 18.1. The molecule has 0 bridgehead atoms. The maximum atomic E-state index is 12.8. The summed E-state index contributed by atoms with van der Waals surface area (Å²) in [6.07, 6.45) is 5.96. The second kappa shape index (κ2) is 10.4. The lowest BCUT2D eigenvalue weighted by Crippen LogP contribution is -2.34. The number of amides is 1. The topological polar surface area (TPSA) is 91.7 Å². The van der Waals surface area contributed by atoms with Gasteiger partial charge in [0.15, 0.2) is 0 Å². The summed E-state index contributed by atoms with van der Waals surface area (Å²) in [7, 11) is 3.12. The first-order valence-corrected chi connectivity index (χ1v) is 12.0. The highest BCUT2D eigenvalue weighted by molar-refractivity contribution is 8.00. The second-order valence-corrected chi connectivity index (χ2v) is 8.94. The maximum absolute atomic E-state index is 12.8. The molecule has 1 fully saturated rings. The van der Waals surface area contributed by atoms with Crippen molar-refractivity contribution in [3.8, 4) is 11.5 Å². The molecule has 0 saturated carbocycles. The van der Waals surface area contributed by atoms with Crippen LogP contribution in [0.2, 0.25) is 0 Å². The Hall–Kier alpha value is -2.52. The van der Waals surface area contributed by atoms with Crippen molar-refractivity contribution in [2.24, 2.45) is 0 Å². The van der Waals surface area contributed by atoms with Crippen LogP contribution in [0, 0.1) is 0 Å². The summed E-state index contributed by atoms with van der Waals surface area (Å²) in [4.78, 5) is 29.8. The normalized spacial score (nSPS) is 17.6. The van der Waals surface area contributed by atoms with Gasteiger partial charge in [-0.25, -0.2) is 4.79 Å². The van der Waals surface area contributed by atoms with Gasteiger partial charge in [-0.2, -0.15) is 4.98 Å². The van der Waals surface area contributed by atoms with Crippen molar-refractivity contribution in [1.29, 1.82) is 0 Å². The highest BCUT2D eigenvalue weighted by atomic mass is 32.2. The van der Waals surface area contributed by atoms with Crippen molar-refractivity contribution in [3.63, 3.8) is 0 Å². The predicted octanol–water partition coefficient (Wildman–Crippen LogP) is 3.05. The predicted molar refractivity (Wildman–Crippen MR) is 123 cm³/mol. The van der Waals surface area contributed by atoms with E-state index in [0.717, 1.165) is 56.4 Å². The average molecular weight is 460 g/mol. The monoisotopic (exact) mass is 459 g/mol. The van der Waals surface area contributed by atoms with E-state index >= 15 is 0 Å². The number of benzene rings is 1. The Kier molecular flexibility index (Phi) is 7.36. The summed E-state index contributed by atoms with van der Waals surface area (Å²) in [6.45, 7) is 1.32. The number of aromatic nitrogens is 2. The number of carbonyl (C=O) groups excluding carboxylic acids is 1. The van der Waals surface area contributed by atoms with E-state index in [-0.39, 0.29) is 23.5 Å². The SMILES string of the molecule is COc1ccc(OC)c(NC(=O)CSc2nc(=O)n(CC3CCCO3)c3c2CCCC3)c1. The van der Waals surface area contributed by atoms with Gasteiger partial charge in [-0.3, -0.25) is 9.36 Å². The molecule has 1 saturated heterocycles. The summed E-state index contributed by atoms with van der Waals surface area (Å²) in [5.74, 6) is 1.13. The fourth-order valence-corrected chi connectivity index (χ4v) is 5.16. The van der Waals surface area contributed by atoms with Crippen LogP contribution in [0.3, 0.4) is 0 Å². The number of ether oxygens (including phenoxy) is 3. The Labute approximate surface area is 191 Å². The molecular formula is C23H29N3O5S. The largest absolute Gasteiger partial charge is 0.497 e. The molecule has 1 aliphatic heterocycles. The van der Waals surface area contributed by atoms with Crippen molar-refractivity contribution in [2.75, 3.05) is 31.9 Å². The van der Waals surface area contributed by atoms with Crippen molar-refractivity contribution in [3.05, 3.63) is 39.9 Å². The number of fused-ring (bicyclic) bond motifs is 1. The van der Waals surface area contributed by atoms with Crippen LogP contribution in [-0.4, -0.2) is 48.1 Å². The van der Waals surface area contributed by atoms with Crippen LogP contribution in [0.5, 0.6) is 11.5 Å². The lowest BCUT2D eigenvalue weighted by molar-refractivity contribution is -0.113. The number of thioether (sulfide) groups is 1. The molecular weight excluding hydrogens is 430 g/mol. The van der Waals surface area contributed by atoms with Gasteiger partial charge in [-0.05, 0) is 50.7 Å². The molecule has 1 aliphatic carbocycles. The Morgan fingerprint density at radius 2 is 2.09 bits per heavy atom. The van der Waals surface area contributed by atoms with Gasteiger partial charge in [-0.1, -0.05) is 11.8 Å². The standard InChI is InChI=1S/C23H29N3O5S/c1-29-15-9-10-20(30-2)18(12-15)24-21(27)14-32-22-17-7-3-4-8-19(17)26(23(28)25-22)13-16-6-5-11-31-16/h9-10,12,16H,3-8,11,13-14H2,1-2H3,(H,24,27). The molecule has 0 spiro atoms. The highest BCUT2D eigenvalue weighted by Crippen LogP contribution is 2.31. The van der Waals surface area contributed by atoms with Gasteiger partial charge in [-0.15, -0.1) is 0 Å². The first-order chi connectivity index (χ1) is 15.6. The Morgan fingerprint density at radius 1 is 1.25 bits per heavy atom. The van der Waals surface area contributed by atoms with E-state index in [9.17, 15) is 9.59 Å². The molecule has 1 unspecified atom stereocenters. The lowest BCUT2D eigenvalue weighted by atomic mass is 9.97. The molecule has 2 heterocycles. The number of nitrogens with one attached hydrogen (secondary N) is 1. The Bertz CT molecular complexity index is 1030. The third kappa shape index (κ3) is 5.10. The molecule has 1 N–H and O–H groups in total. The summed E-state index contributed by atoms with van der Waals surface area (Å²) in [6, 6.07) is 5.23. The first-order valence-electron chi connectivity index (χ1n) is 11.0. The van der Waals surface area contributed by atoms with E-state index in [2.05, 4.69) is 10.3 Å². The quantitative estimate of drug-likeness (QED) is 0.479. The van der Waals surface area contributed by atoms with E-state index < -0.39 is 0 Å². The number of carbonyl (C=O) groups is 1. The van der Waals surface area contributed by atoms with E-state index in [4.69, 9.17) is 14.2 Å². The van der Waals surface area contributed by atoms with Crippen LogP contribution in [0.4, 0.5) is 5.69 Å². The number of rotatable bonds is 8. The third-order valence-corrected chi connectivity index (χ3v) is 6.90. The molecule has 9 heteroatoms. The van der Waals surface area contributed by atoms with E-state index in [1.807, 2.05) is 0 Å². The minimum atomic E-state index is -0.251. The smallest absolute Gasteiger partial charge is 0.348 e. The molecule has 8 nitrogen and oxygen atoms in total. The van der Waals surface area contributed by atoms with Gasteiger partial charge >= 0.3 is 5.69 Å². The molecule has 1 atom stereocenters. The van der Waals surface area contributed by atoms with Gasteiger partial charge in [0.05, 0.1) is 38.3 Å². The molecule has 1 aromatic heterocycles. The fraction of sp³-hybridized carbons (Fsp3) is 0.522. The summed E-state index contributed by atoms with van der Waals surface area (Å²) in [5.41, 5.74) is 2.45. The minimum absolute atomic E-state index is 0.0858. The third-order valence-electron chi connectivity index (χ3n) is 5.88. The average Bonchev–Trinajstić information content (AvgIpc) is 3.33. The van der Waals surface area contributed by atoms with E-state index in [0.29, 0.717) is 28.8 Å². The van der Waals surface area contributed by atoms with Crippen molar-refractivity contribution < 1.29 is 19.0 Å². The fourth-order valence-electron chi connectivity index (χ4n) is 4.28. The molecule has 172 valence electrons. The van der Waals surface area contributed by atoms with Gasteiger partial charge in [0.2, 0.25) is 5.91 Å². The zero-order valence-electron chi connectivity index (χ0n) is 18.5. The van der Waals surface area contributed by atoms with Gasteiger partial charge in [0.25, 0.3) is 0 Å². The summed E-state index contributed by atoms with van der Waals surface area (Å²) in [5, 5.41) is 3.54. The zero-order chi connectivity index (χ0) is 22.5. The number of anilines is 1. The van der Waals surface area contributed by atoms with Crippen LogP contribution in [0.15, 0.2) is 28.0 Å². The lowest BCUT2D eigenvalue weighted by Gasteiger charge is -2.24. The zero-order valence-corrected chi connectivity index (χ0v) is 19.3. The number of hydrogen-bond acceptors (Lipinski definition) is 7. The molecule has 1 aromatic carbocycles. The highest BCUT2D eigenvalue weighted by Gasteiger charge is 2.24. The van der Waals surface area contributed by atoms with Crippen LogP contribution >= 0.6 is 11.8 Å². The van der Waals surface area contributed by atoms with Gasteiger partial charge < -0.3 is 19.5 Å². The second-order valence-electron chi connectivity index (χ2n) is 7.98. The summed E-state index contributed by atoms with van der Waals surface area (Å²) >= 11 is 1.31. The molecule has 2 aliphatic rings. The molecule has 4 rings (SSSR count). The number of methoxy groups -OCH3 is 2. The minimum Gasteiger partial charge on any atom is -0.497 e. The van der Waals surface area contributed by atoms with Crippen molar-refractivity contribution in [1.82, 2.24) is 9.55 Å². The van der Waals surface area contributed by atoms with Gasteiger partial charge in [0, 0.05) is 23.9 Å². The first kappa shape index (κ1) is 22.7. The van der Waals surface area contributed by atoms with E-state index in [1.165, 1.54) is 11.8 Å².